The number of hydrogen-bond acceptors (Lipinski definition) is 7. The summed E-state index contributed by atoms with van der Waals surface area (Å²) in [5.41, 5.74) is 5.96. The van der Waals surface area contributed by atoms with Crippen LogP contribution in [0.4, 0.5) is 0 Å². The molecule has 0 N–H and O–H groups in total. The minimum atomic E-state index is -2.09. The van der Waals surface area contributed by atoms with Crippen molar-refractivity contribution in [1.82, 2.24) is 35.2 Å². The number of furan rings is 1. The fourth-order valence-electron chi connectivity index (χ4n) is 5.41. The van der Waals surface area contributed by atoms with Gasteiger partial charge >= 0.3 is 0 Å². The van der Waals surface area contributed by atoms with E-state index in [4.69, 9.17) is 13.5 Å². The van der Waals surface area contributed by atoms with Crippen LogP contribution >= 0.6 is 0 Å². The Labute approximate surface area is 281 Å². The molecular formula is C37H23IrN7O-2. The Hall–Kier alpha value is -5.63. The zero-order chi connectivity index (χ0) is 32.7. The molecule has 0 saturated carbocycles. The monoisotopic (exact) mass is 777 g/mol. The average Bonchev–Trinajstić information content (AvgIpc) is 3.72. The van der Waals surface area contributed by atoms with Crippen LogP contribution in [0, 0.1) is 19.0 Å². The summed E-state index contributed by atoms with van der Waals surface area (Å²) in [6.07, 6.45) is 1.39. The molecule has 5 aromatic carbocycles. The zero-order valence-corrected chi connectivity index (χ0v) is 26.3. The van der Waals surface area contributed by atoms with E-state index in [0.29, 0.717) is 22.7 Å². The van der Waals surface area contributed by atoms with Crippen LogP contribution < -0.4 is 0 Å². The first-order valence-corrected chi connectivity index (χ1v) is 14.1. The summed E-state index contributed by atoms with van der Waals surface area (Å²) < 4.78 is 30.1. The Morgan fingerprint density at radius 2 is 1.54 bits per heavy atom. The topological polar surface area (TPSA) is 95.4 Å². The second-order valence-electron chi connectivity index (χ2n) is 10.2. The molecule has 0 aliphatic heterocycles. The molecule has 0 aliphatic rings. The molecule has 1 radical (unpaired) electrons. The molecule has 9 rings (SSSR count). The third kappa shape index (κ3) is 5.21. The second kappa shape index (κ2) is 12.4. The van der Waals surface area contributed by atoms with Gasteiger partial charge in [0.25, 0.3) is 0 Å². The van der Waals surface area contributed by atoms with E-state index in [9.17, 15) is 0 Å². The minimum absolute atomic E-state index is 0. The van der Waals surface area contributed by atoms with Crippen molar-refractivity contribution in [3.05, 3.63) is 139 Å². The molecule has 8 nitrogen and oxygen atoms in total. The summed E-state index contributed by atoms with van der Waals surface area (Å²) in [5.74, 6) is 0.620. The van der Waals surface area contributed by atoms with Crippen molar-refractivity contribution in [2.75, 3.05) is 0 Å². The Bertz CT molecular complexity index is 2560. The Kier molecular flexibility index (Phi) is 6.92. The summed E-state index contributed by atoms with van der Waals surface area (Å²) in [6, 6.07) is 43.3. The normalized spacial score (nSPS) is 12.2. The zero-order valence-electron chi connectivity index (χ0n) is 26.9. The van der Waals surface area contributed by atoms with Crippen LogP contribution in [0.15, 0.2) is 126 Å². The number of aromatic nitrogens is 7. The number of nitrogens with zero attached hydrogens (tertiary/aromatic N) is 7. The fraction of sp³-hybridized carbons (Fsp3) is 0.0270. The van der Waals surface area contributed by atoms with Gasteiger partial charge in [-0.05, 0) is 46.1 Å². The first-order valence-electron chi connectivity index (χ1n) is 15.6. The molecule has 4 aromatic heterocycles. The van der Waals surface area contributed by atoms with Gasteiger partial charge in [-0.15, -0.1) is 64.3 Å². The van der Waals surface area contributed by atoms with Gasteiger partial charge in [0.2, 0.25) is 11.3 Å². The molecule has 0 bridgehead atoms. The number of rotatable bonds is 3. The number of para-hydroxylation sites is 1. The molecule has 0 unspecified atom stereocenters. The molecule has 0 atom stereocenters. The summed E-state index contributed by atoms with van der Waals surface area (Å²) in [7, 11) is 0. The number of pyridine rings is 1. The molecule has 0 aliphatic carbocycles. The van der Waals surface area contributed by atoms with Gasteiger partial charge in [-0.2, -0.15) is 0 Å². The number of fused-ring (bicyclic) bond motifs is 6. The molecule has 0 saturated heterocycles. The van der Waals surface area contributed by atoms with Crippen molar-refractivity contribution < 1.29 is 28.6 Å². The van der Waals surface area contributed by atoms with Gasteiger partial charge < -0.3 is 14.0 Å². The van der Waals surface area contributed by atoms with E-state index in [1.165, 1.54) is 6.20 Å². The van der Waals surface area contributed by atoms with Crippen molar-refractivity contribution in [1.29, 1.82) is 0 Å². The molecular weight excluding hydrogens is 751 g/mol. The number of benzene rings is 5. The Balaban J connectivity index is 0.000000189. The number of hydrogen-bond donors (Lipinski definition) is 0. The van der Waals surface area contributed by atoms with Crippen LogP contribution in [0.3, 0.4) is 0 Å². The fourth-order valence-corrected chi connectivity index (χ4v) is 5.41. The molecule has 223 valence electrons. The van der Waals surface area contributed by atoms with Crippen molar-refractivity contribution in [2.45, 2.75) is 6.85 Å². The maximum absolute atomic E-state index is 7.23. The van der Waals surface area contributed by atoms with E-state index in [1.54, 1.807) is 18.2 Å². The Morgan fingerprint density at radius 3 is 2.37 bits per heavy atom. The van der Waals surface area contributed by atoms with Crippen LogP contribution in [0.2, 0.25) is 0 Å². The summed E-state index contributed by atoms with van der Waals surface area (Å²) in [5, 5.41) is 19.9. The van der Waals surface area contributed by atoms with Gasteiger partial charge in [-0.25, -0.2) is 0 Å². The minimum Gasteiger partial charge on any atom is -0.500 e. The standard InChI is InChI=1S/C25H13N6O.C12H10N.Ir/c1-2-8-16(9-3-1)31-24(26-23-25(31)28-30-29-27-23)20-12-6-11-18-19-14-13-15-7-4-5-10-17(15)21(19)32-22(18)20;1-10-7-8-12(13-9-10)11-5-3-2-4-6-11;/h1-11,13-14H;2-5,7-9H,1H3;/q2*-1;/i;1D3;. The average molecular weight is 777 g/mol. The largest absolute Gasteiger partial charge is 0.500 e. The smallest absolute Gasteiger partial charge is 0.214 e. The summed E-state index contributed by atoms with van der Waals surface area (Å²) in [6.45, 7) is -2.09. The van der Waals surface area contributed by atoms with Crippen molar-refractivity contribution in [2.24, 2.45) is 0 Å². The van der Waals surface area contributed by atoms with Crippen LogP contribution in [0.5, 0.6) is 0 Å². The second-order valence-corrected chi connectivity index (χ2v) is 10.2. The quantitative estimate of drug-likeness (QED) is 0.168. The van der Waals surface area contributed by atoms with Crippen molar-refractivity contribution >= 4 is 44.0 Å². The van der Waals surface area contributed by atoms with E-state index < -0.39 is 6.85 Å². The summed E-state index contributed by atoms with van der Waals surface area (Å²) >= 11 is 0. The van der Waals surface area contributed by atoms with E-state index in [2.05, 4.69) is 62.0 Å². The Morgan fingerprint density at radius 1 is 0.717 bits per heavy atom. The van der Waals surface area contributed by atoms with Crippen LogP contribution in [0.1, 0.15) is 9.68 Å². The van der Waals surface area contributed by atoms with Gasteiger partial charge in [0, 0.05) is 46.9 Å². The molecule has 4 heterocycles. The van der Waals surface area contributed by atoms with E-state index in [0.717, 1.165) is 49.6 Å². The maximum Gasteiger partial charge on any atom is 0.214 e. The van der Waals surface area contributed by atoms with Crippen LogP contribution in [0.25, 0.3) is 72.3 Å². The third-order valence-electron chi connectivity index (χ3n) is 7.46. The van der Waals surface area contributed by atoms with Gasteiger partial charge in [0.05, 0.1) is 11.4 Å². The molecule has 0 spiro atoms. The molecule has 0 amide bonds. The van der Waals surface area contributed by atoms with Gasteiger partial charge in [-0.3, -0.25) is 4.98 Å². The van der Waals surface area contributed by atoms with Gasteiger partial charge in [-0.1, -0.05) is 77.7 Å². The van der Waals surface area contributed by atoms with Crippen LogP contribution in [-0.4, -0.2) is 35.2 Å². The van der Waals surface area contributed by atoms with E-state index in [1.807, 2.05) is 77.4 Å². The first kappa shape index (κ1) is 25.7. The first-order chi connectivity index (χ1) is 23.5. The predicted octanol–water partition coefficient (Wildman–Crippen LogP) is 7.98. The van der Waals surface area contributed by atoms with Crippen molar-refractivity contribution in [3.63, 3.8) is 0 Å². The number of imidazole rings is 1. The third-order valence-corrected chi connectivity index (χ3v) is 7.46. The van der Waals surface area contributed by atoms with Crippen molar-refractivity contribution in [3.8, 4) is 28.3 Å². The van der Waals surface area contributed by atoms with Gasteiger partial charge in [0.1, 0.15) is 5.58 Å². The molecule has 9 aromatic rings. The van der Waals surface area contributed by atoms with Gasteiger partial charge in [0.15, 0.2) is 0 Å². The molecule has 9 heteroatoms. The summed E-state index contributed by atoms with van der Waals surface area (Å²) in [4.78, 5) is 8.86. The van der Waals surface area contributed by atoms with Crippen LogP contribution in [-0.2, 0) is 20.1 Å². The molecule has 46 heavy (non-hydrogen) atoms. The van der Waals surface area contributed by atoms with E-state index >= 15 is 0 Å². The maximum atomic E-state index is 7.23. The molecule has 0 fully saturated rings. The van der Waals surface area contributed by atoms with E-state index in [-0.39, 0.29) is 25.7 Å². The number of aryl methyl sites for hydroxylation is 1. The SMILES string of the molecule is [2H]C([2H])([2H])c1ccc(-c2[c-]cccc2)nc1.[Ir].[c-]1ccc2c(oc3c4ccccc4ccc23)c1-c1nc2nnnnc2n1-c1ccccc1. The predicted molar refractivity (Wildman–Crippen MR) is 175 cm³/mol.